The second-order valence-electron chi connectivity index (χ2n) is 5.86. The highest BCUT2D eigenvalue weighted by Gasteiger charge is 2.74. The number of phosphoric ester groups is 1. The Labute approximate surface area is 170 Å². The number of hydrogen-bond donors (Lipinski definition) is 5. The van der Waals surface area contributed by atoms with Crippen LogP contribution in [0, 0.1) is 5.92 Å². The van der Waals surface area contributed by atoms with Crippen LogP contribution < -0.4 is 11.4 Å². The van der Waals surface area contributed by atoms with Gasteiger partial charge in [-0.1, -0.05) is 23.2 Å². The van der Waals surface area contributed by atoms with Crippen LogP contribution in [-0.2, 0) is 31.6 Å². The molecule has 15 nitrogen and oxygen atoms in total. The van der Waals surface area contributed by atoms with Crippen molar-refractivity contribution in [3.8, 4) is 0 Å². The number of ether oxygens (including phenoxy) is 1. The number of rotatable bonds is 7. The van der Waals surface area contributed by atoms with Crippen molar-refractivity contribution in [3.05, 3.63) is 22.7 Å². The minimum Gasteiger partial charge on any atom is -0.383 e. The molecule has 2 aliphatic rings. The molecule has 1 saturated carbocycles. The minimum atomic E-state index is -5.67. The van der Waals surface area contributed by atoms with Gasteiger partial charge in [0.2, 0.25) is 0 Å². The van der Waals surface area contributed by atoms with Crippen molar-refractivity contribution in [3.63, 3.8) is 0 Å². The zero-order valence-corrected chi connectivity index (χ0v) is 17.8. The molecule has 1 aliphatic heterocycles. The fourth-order valence-electron chi connectivity index (χ4n) is 2.69. The lowest BCUT2D eigenvalue weighted by Crippen LogP contribution is -2.38. The Hall–Kier alpha value is -0.370. The van der Waals surface area contributed by atoms with E-state index in [1.54, 1.807) is 0 Å². The first-order chi connectivity index (χ1) is 13.0. The van der Waals surface area contributed by atoms with Gasteiger partial charge >= 0.3 is 29.2 Å². The van der Waals surface area contributed by atoms with Gasteiger partial charge in [-0.25, -0.2) is 18.5 Å². The monoisotopic (exact) mass is 517 g/mol. The third-order valence-corrected chi connectivity index (χ3v) is 8.44. The number of aromatic nitrogens is 2. The lowest BCUT2D eigenvalue weighted by molar-refractivity contribution is -0.0154. The van der Waals surface area contributed by atoms with Crippen molar-refractivity contribution in [2.75, 3.05) is 5.73 Å². The predicted octanol–water partition coefficient (Wildman–Crippen LogP) is 0.238. The summed E-state index contributed by atoms with van der Waals surface area (Å²) in [5, 5.41) is 0. The van der Waals surface area contributed by atoms with Gasteiger partial charge in [0.25, 0.3) is 0 Å². The number of anilines is 1. The normalized spacial score (nSPS) is 32.2. The maximum Gasteiger partial charge on any atom is 0.490 e. The number of alkyl halides is 2. The van der Waals surface area contributed by atoms with Crippen molar-refractivity contribution in [2.24, 2.45) is 5.92 Å². The second kappa shape index (κ2) is 7.35. The summed E-state index contributed by atoms with van der Waals surface area (Å²) < 4.78 is 50.2. The lowest BCUT2D eigenvalue weighted by Gasteiger charge is -2.27. The molecule has 0 spiro atoms. The number of hydrogen-bond acceptors (Lipinski definition) is 10. The van der Waals surface area contributed by atoms with E-state index in [0.717, 1.165) is 4.57 Å². The Morgan fingerprint density at radius 1 is 1.17 bits per heavy atom. The van der Waals surface area contributed by atoms with Crippen molar-refractivity contribution >= 4 is 52.5 Å². The van der Waals surface area contributed by atoms with Gasteiger partial charge in [0.15, 0.2) is 10.6 Å². The molecule has 2 heterocycles. The van der Waals surface area contributed by atoms with Gasteiger partial charge in [0.1, 0.15) is 11.9 Å². The second-order valence-corrected chi connectivity index (χ2v) is 11.7. The molecule has 6 N–H and O–H groups in total. The fraction of sp³-hybridized carbons (Fsp3) is 0.556. The largest absolute Gasteiger partial charge is 0.490 e. The highest BCUT2D eigenvalue weighted by atomic mass is 35.5. The summed E-state index contributed by atoms with van der Waals surface area (Å²) in [6, 6.07) is 1.28. The highest BCUT2D eigenvalue weighted by Crippen LogP contribution is 2.70. The van der Waals surface area contributed by atoms with E-state index in [1.165, 1.54) is 12.3 Å². The standard InChI is InChI=1S/C9H12Cl2N3O12P3/c10-9(11)4-5(23-7(9)14-2-1-3(12)13-8(14)15)6(4)24-28(19,20)26-29(21,22)25-27(16,17)18/h1-2,4-7H,(H,19,20)(H,21,22)(H2,12,13,15)(H2,16,17,18). The van der Waals surface area contributed by atoms with Crippen molar-refractivity contribution in [1.82, 2.24) is 9.55 Å². The molecule has 0 aromatic carbocycles. The van der Waals surface area contributed by atoms with Gasteiger partial charge in [0, 0.05) is 6.20 Å². The number of nitrogen functional groups attached to an aromatic ring is 1. The number of fused-ring (bicyclic) bond motifs is 1. The van der Waals surface area contributed by atoms with Crippen LogP contribution in [0.25, 0.3) is 0 Å². The quantitative estimate of drug-likeness (QED) is 0.241. The molecular formula is C9H12Cl2N3O12P3. The molecular weight excluding hydrogens is 506 g/mol. The number of halogens is 2. The lowest BCUT2D eigenvalue weighted by atomic mass is 10.2. The van der Waals surface area contributed by atoms with Crippen LogP contribution in [0.4, 0.5) is 5.82 Å². The maximum atomic E-state index is 11.9. The molecule has 1 aromatic rings. The topological polar surface area (TPSA) is 230 Å². The molecule has 6 unspecified atom stereocenters. The van der Waals surface area contributed by atoms with Gasteiger partial charge in [0.05, 0.1) is 12.0 Å². The Morgan fingerprint density at radius 3 is 2.28 bits per heavy atom. The van der Waals surface area contributed by atoms with Crippen LogP contribution in [0.5, 0.6) is 0 Å². The molecule has 1 aliphatic carbocycles. The molecule has 164 valence electrons. The predicted molar refractivity (Wildman–Crippen MR) is 93.5 cm³/mol. The Morgan fingerprint density at radius 2 is 1.79 bits per heavy atom. The Kier molecular flexibility index (Phi) is 5.90. The number of nitrogens with two attached hydrogens (primary N) is 1. The van der Waals surface area contributed by atoms with E-state index in [9.17, 15) is 23.4 Å². The molecule has 29 heavy (non-hydrogen) atoms. The van der Waals surface area contributed by atoms with Gasteiger partial charge in [-0.05, 0) is 6.07 Å². The molecule has 2 fully saturated rings. The van der Waals surface area contributed by atoms with Gasteiger partial charge in [-0.15, -0.1) is 0 Å². The van der Waals surface area contributed by atoms with E-state index in [2.05, 4.69) is 18.1 Å². The summed E-state index contributed by atoms with van der Waals surface area (Å²) in [7, 11) is -16.6. The molecule has 20 heteroatoms. The van der Waals surface area contributed by atoms with E-state index in [0.29, 0.717) is 0 Å². The van der Waals surface area contributed by atoms with Crippen molar-refractivity contribution < 1.29 is 51.2 Å². The first-order valence-corrected chi connectivity index (χ1v) is 12.5. The van der Waals surface area contributed by atoms with Crippen LogP contribution in [0.2, 0.25) is 0 Å². The average molecular weight is 518 g/mol. The molecule has 6 atom stereocenters. The SMILES string of the molecule is Nc1ccn(C2OC3C(OP(=O)(O)OP(=O)(O)OP(=O)(O)O)C3C2(Cl)Cl)c(=O)n1. The molecule has 3 rings (SSSR count). The fourth-order valence-corrected chi connectivity index (χ4v) is 6.72. The number of nitrogens with zero attached hydrogens (tertiary/aromatic N) is 2. The van der Waals surface area contributed by atoms with E-state index in [-0.39, 0.29) is 5.82 Å². The van der Waals surface area contributed by atoms with Crippen molar-refractivity contribution in [2.45, 2.75) is 22.8 Å². The molecule has 1 aromatic heterocycles. The van der Waals surface area contributed by atoms with E-state index < -0.39 is 57.8 Å². The summed E-state index contributed by atoms with van der Waals surface area (Å²) in [6.07, 6.45) is -2.38. The Balaban J connectivity index is 1.70. The summed E-state index contributed by atoms with van der Waals surface area (Å²) in [4.78, 5) is 51.1. The summed E-state index contributed by atoms with van der Waals surface area (Å²) in [5.74, 6) is -1.04. The van der Waals surface area contributed by atoms with E-state index in [4.69, 9.17) is 48.4 Å². The minimum absolute atomic E-state index is 0.0605. The summed E-state index contributed by atoms with van der Waals surface area (Å²) in [6.45, 7) is 0. The number of phosphoric acid groups is 3. The van der Waals surface area contributed by atoms with Crippen molar-refractivity contribution in [1.29, 1.82) is 0 Å². The summed E-state index contributed by atoms with van der Waals surface area (Å²) in [5.41, 5.74) is 4.56. The van der Waals surface area contributed by atoms with Gasteiger partial charge in [-0.2, -0.15) is 13.6 Å². The van der Waals surface area contributed by atoms with Crippen LogP contribution in [0.15, 0.2) is 17.1 Å². The zero-order valence-electron chi connectivity index (χ0n) is 13.6. The smallest absolute Gasteiger partial charge is 0.383 e. The first-order valence-electron chi connectivity index (χ1n) is 7.23. The van der Waals surface area contributed by atoms with E-state index >= 15 is 0 Å². The molecule has 0 amide bonds. The van der Waals surface area contributed by atoms with Crippen LogP contribution in [0.3, 0.4) is 0 Å². The molecule has 0 radical (unpaired) electrons. The van der Waals surface area contributed by atoms with E-state index in [1.807, 2.05) is 0 Å². The van der Waals surface area contributed by atoms with Crippen LogP contribution >= 0.6 is 46.7 Å². The third kappa shape index (κ3) is 5.10. The third-order valence-electron chi connectivity index (χ3n) is 3.73. The van der Waals surface area contributed by atoms with Crippen LogP contribution in [-0.4, -0.2) is 45.7 Å². The molecule has 1 saturated heterocycles. The zero-order chi connectivity index (χ0) is 22.0. The highest BCUT2D eigenvalue weighted by molar-refractivity contribution is 7.66. The first kappa shape index (κ1) is 23.3. The van der Waals surface area contributed by atoms with Gasteiger partial charge < -0.3 is 30.0 Å². The average Bonchev–Trinajstić information content (AvgIpc) is 3.04. The summed E-state index contributed by atoms with van der Waals surface area (Å²) >= 11 is 12.4. The molecule has 0 bridgehead atoms. The maximum absolute atomic E-state index is 11.9. The van der Waals surface area contributed by atoms with Crippen LogP contribution in [0.1, 0.15) is 6.23 Å². The van der Waals surface area contributed by atoms with Gasteiger partial charge in [-0.3, -0.25) is 9.09 Å². The Bertz CT molecular complexity index is 1030.